The van der Waals surface area contributed by atoms with Gasteiger partial charge in [0.25, 0.3) is 5.91 Å². The Labute approximate surface area is 184 Å². The quantitative estimate of drug-likeness (QED) is 0.145. The molecule has 0 saturated carbocycles. The summed E-state index contributed by atoms with van der Waals surface area (Å²) < 4.78 is 10.4. The highest BCUT2D eigenvalue weighted by Gasteiger charge is 2.21. The SMILES string of the molecule is COc1cc(CC(NC(=O)CNC(=O)c2cccc(NC=NN)c2)C(=O)O)cc(OC)c1. The number of nitrogens with zero attached hydrogens (tertiary/aromatic N) is 1. The summed E-state index contributed by atoms with van der Waals surface area (Å²) in [5.41, 5.74) is 1.48. The summed E-state index contributed by atoms with van der Waals surface area (Å²) in [7, 11) is 2.96. The monoisotopic (exact) mass is 443 g/mol. The molecule has 170 valence electrons. The van der Waals surface area contributed by atoms with Gasteiger partial charge in [-0.15, -0.1) is 0 Å². The van der Waals surface area contributed by atoms with E-state index in [4.69, 9.17) is 15.3 Å². The number of ether oxygens (including phenoxy) is 2. The van der Waals surface area contributed by atoms with Gasteiger partial charge in [-0.2, -0.15) is 5.10 Å². The van der Waals surface area contributed by atoms with E-state index in [1.54, 1.807) is 42.5 Å². The van der Waals surface area contributed by atoms with E-state index in [1.807, 2.05) is 0 Å². The van der Waals surface area contributed by atoms with Gasteiger partial charge in [-0.1, -0.05) is 6.07 Å². The molecule has 11 heteroatoms. The predicted octanol–water partition coefficient (Wildman–Crippen LogP) is 0.560. The molecule has 0 fully saturated rings. The number of carboxylic acids is 1. The van der Waals surface area contributed by atoms with Crippen LogP contribution in [0.2, 0.25) is 0 Å². The Morgan fingerprint density at radius 2 is 1.81 bits per heavy atom. The summed E-state index contributed by atoms with van der Waals surface area (Å²) in [5, 5.41) is 20.4. The van der Waals surface area contributed by atoms with Gasteiger partial charge in [0.15, 0.2) is 0 Å². The molecule has 0 bridgehead atoms. The van der Waals surface area contributed by atoms with Crippen molar-refractivity contribution in [3.8, 4) is 11.5 Å². The first-order valence-electron chi connectivity index (χ1n) is 9.47. The Bertz CT molecular complexity index is 972. The Kier molecular flexibility index (Phi) is 8.84. The Morgan fingerprint density at radius 3 is 2.41 bits per heavy atom. The maximum atomic E-state index is 12.3. The van der Waals surface area contributed by atoms with Crippen LogP contribution >= 0.6 is 0 Å². The maximum absolute atomic E-state index is 12.3. The van der Waals surface area contributed by atoms with Gasteiger partial charge in [0.1, 0.15) is 23.9 Å². The number of anilines is 1. The molecule has 0 aromatic heterocycles. The number of hydrogen-bond donors (Lipinski definition) is 5. The Hall–Kier alpha value is -4.28. The van der Waals surface area contributed by atoms with Crippen LogP contribution in [0.25, 0.3) is 0 Å². The second-order valence-corrected chi connectivity index (χ2v) is 6.57. The molecule has 0 spiro atoms. The highest BCUT2D eigenvalue weighted by molar-refractivity contribution is 5.98. The molecule has 2 aromatic carbocycles. The van der Waals surface area contributed by atoms with Gasteiger partial charge in [0, 0.05) is 23.7 Å². The van der Waals surface area contributed by atoms with Crippen LogP contribution in [-0.4, -0.2) is 56.0 Å². The first kappa shape index (κ1) is 24.0. The minimum Gasteiger partial charge on any atom is -0.497 e. The zero-order valence-electron chi connectivity index (χ0n) is 17.6. The normalized spacial score (nSPS) is 11.4. The molecule has 1 unspecified atom stereocenters. The second-order valence-electron chi connectivity index (χ2n) is 6.57. The van der Waals surface area contributed by atoms with E-state index in [0.29, 0.717) is 28.3 Å². The van der Waals surface area contributed by atoms with Crippen molar-refractivity contribution in [2.24, 2.45) is 10.9 Å². The molecule has 2 aromatic rings. The van der Waals surface area contributed by atoms with Crippen LogP contribution in [0, 0.1) is 0 Å². The number of aliphatic carboxylic acids is 1. The lowest BCUT2D eigenvalue weighted by atomic mass is 10.0. The minimum atomic E-state index is -1.22. The summed E-state index contributed by atoms with van der Waals surface area (Å²) >= 11 is 0. The Morgan fingerprint density at radius 1 is 1.12 bits per heavy atom. The molecule has 6 N–H and O–H groups in total. The average Bonchev–Trinajstić information content (AvgIpc) is 2.80. The molecule has 0 aliphatic carbocycles. The molecule has 0 radical (unpaired) electrons. The topological polar surface area (TPSA) is 164 Å². The summed E-state index contributed by atoms with van der Waals surface area (Å²) in [6.07, 6.45) is 1.26. The molecule has 0 aliphatic heterocycles. The summed E-state index contributed by atoms with van der Waals surface area (Å²) in [5.74, 6) is 3.65. The fourth-order valence-corrected chi connectivity index (χ4v) is 2.79. The van der Waals surface area contributed by atoms with Crippen LogP contribution in [0.4, 0.5) is 5.69 Å². The zero-order valence-corrected chi connectivity index (χ0v) is 17.6. The fourth-order valence-electron chi connectivity index (χ4n) is 2.79. The van der Waals surface area contributed by atoms with Crippen molar-refractivity contribution in [1.29, 1.82) is 0 Å². The molecule has 2 rings (SSSR count). The number of rotatable bonds is 11. The number of nitrogens with two attached hydrogens (primary N) is 1. The van der Waals surface area contributed by atoms with Crippen molar-refractivity contribution in [2.45, 2.75) is 12.5 Å². The van der Waals surface area contributed by atoms with Crippen LogP contribution in [-0.2, 0) is 16.0 Å². The zero-order chi connectivity index (χ0) is 23.5. The van der Waals surface area contributed by atoms with Crippen molar-refractivity contribution < 1.29 is 29.0 Å². The third-order valence-electron chi connectivity index (χ3n) is 4.32. The molecule has 0 saturated heterocycles. The Balaban J connectivity index is 1.97. The lowest BCUT2D eigenvalue weighted by Crippen LogP contribution is -2.46. The minimum absolute atomic E-state index is 0.00100. The van der Waals surface area contributed by atoms with Gasteiger partial charge in [0.2, 0.25) is 5.91 Å². The lowest BCUT2D eigenvalue weighted by molar-refractivity contribution is -0.141. The number of hydrogen-bond acceptors (Lipinski definition) is 7. The van der Waals surface area contributed by atoms with E-state index in [2.05, 4.69) is 21.1 Å². The van der Waals surface area contributed by atoms with E-state index in [1.165, 1.54) is 20.6 Å². The summed E-state index contributed by atoms with van der Waals surface area (Å²) in [6.45, 7) is -0.397. The van der Waals surface area contributed by atoms with Crippen LogP contribution in [0.15, 0.2) is 47.6 Å². The van der Waals surface area contributed by atoms with Gasteiger partial charge in [-0.05, 0) is 35.9 Å². The number of amides is 2. The largest absolute Gasteiger partial charge is 0.497 e. The fraction of sp³-hybridized carbons (Fsp3) is 0.238. The second kappa shape index (κ2) is 11.8. The average molecular weight is 443 g/mol. The number of carboxylic acid groups (broad SMARTS) is 1. The van der Waals surface area contributed by atoms with Crippen LogP contribution in [0.5, 0.6) is 11.5 Å². The van der Waals surface area contributed by atoms with E-state index >= 15 is 0 Å². The van der Waals surface area contributed by atoms with Gasteiger partial charge in [-0.25, -0.2) is 4.79 Å². The van der Waals surface area contributed by atoms with Gasteiger partial charge in [0.05, 0.1) is 20.8 Å². The molecule has 32 heavy (non-hydrogen) atoms. The molecule has 1 atom stereocenters. The highest BCUT2D eigenvalue weighted by Crippen LogP contribution is 2.23. The predicted molar refractivity (Wildman–Crippen MR) is 118 cm³/mol. The molecular weight excluding hydrogens is 418 g/mol. The van der Waals surface area contributed by atoms with Crippen LogP contribution < -0.4 is 31.3 Å². The standard InChI is InChI=1S/C21H25N5O6/c1-31-16-6-13(7-17(10-16)32-2)8-18(21(29)30)26-19(27)11-23-20(28)14-4-3-5-15(9-14)24-12-25-22/h3-7,9-10,12,18H,8,11,22H2,1-2H3,(H,23,28)(H,24,25)(H,26,27)(H,29,30). The lowest BCUT2D eigenvalue weighted by Gasteiger charge is -2.16. The van der Waals surface area contributed by atoms with E-state index in [0.717, 1.165) is 0 Å². The van der Waals surface area contributed by atoms with Crippen molar-refractivity contribution in [3.05, 3.63) is 53.6 Å². The van der Waals surface area contributed by atoms with Gasteiger partial charge < -0.3 is 36.4 Å². The molecule has 11 nitrogen and oxygen atoms in total. The smallest absolute Gasteiger partial charge is 0.326 e. The van der Waals surface area contributed by atoms with Crippen LogP contribution in [0.3, 0.4) is 0 Å². The van der Waals surface area contributed by atoms with Gasteiger partial charge >= 0.3 is 5.97 Å². The molecule has 0 heterocycles. The summed E-state index contributed by atoms with van der Waals surface area (Å²) in [4.78, 5) is 36.2. The number of nitrogens with one attached hydrogen (secondary N) is 3. The highest BCUT2D eigenvalue weighted by atomic mass is 16.5. The number of hydrazone groups is 1. The number of carbonyl (C=O) groups excluding carboxylic acids is 2. The number of benzene rings is 2. The van der Waals surface area contributed by atoms with Gasteiger partial charge in [-0.3, -0.25) is 9.59 Å². The van der Waals surface area contributed by atoms with Crippen molar-refractivity contribution in [2.75, 3.05) is 26.1 Å². The van der Waals surface area contributed by atoms with Crippen LogP contribution in [0.1, 0.15) is 15.9 Å². The van der Waals surface area contributed by atoms with Crippen molar-refractivity contribution in [3.63, 3.8) is 0 Å². The molecule has 2 amide bonds. The van der Waals surface area contributed by atoms with E-state index in [9.17, 15) is 19.5 Å². The third-order valence-corrected chi connectivity index (χ3v) is 4.32. The van der Waals surface area contributed by atoms with E-state index < -0.39 is 30.4 Å². The van der Waals surface area contributed by atoms with E-state index in [-0.39, 0.29) is 6.42 Å². The van der Waals surface area contributed by atoms with Crippen molar-refractivity contribution >= 4 is 29.8 Å². The number of methoxy groups -OCH3 is 2. The number of carbonyl (C=O) groups is 3. The first-order valence-corrected chi connectivity index (χ1v) is 9.47. The molecular formula is C21H25N5O6. The summed E-state index contributed by atoms with van der Waals surface area (Å²) in [6, 6.07) is 10.2. The van der Waals surface area contributed by atoms with Crippen molar-refractivity contribution in [1.82, 2.24) is 10.6 Å². The third kappa shape index (κ3) is 7.20. The maximum Gasteiger partial charge on any atom is 0.326 e. The molecule has 0 aliphatic rings. The first-order chi connectivity index (χ1) is 15.4.